The summed E-state index contributed by atoms with van der Waals surface area (Å²) in [4.78, 5) is 33.3. The van der Waals surface area contributed by atoms with Crippen LogP contribution in [0.25, 0.3) is 0 Å². The highest BCUT2D eigenvalue weighted by Crippen LogP contribution is 2.44. The summed E-state index contributed by atoms with van der Waals surface area (Å²) in [7, 11) is 0. The van der Waals surface area contributed by atoms with Crippen molar-refractivity contribution >= 4 is 11.8 Å². The third-order valence-electron chi connectivity index (χ3n) is 5.36. The van der Waals surface area contributed by atoms with Crippen molar-refractivity contribution in [2.24, 2.45) is 5.92 Å². The van der Waals surface area contributed by atoms with Crippen LogP contribution in [-0.2, 0) is 9.59 Å². The molecule has 25 heavy (non-hydrogen) atoms. The number of rotatable bonds is 3. The van der Waals surface area contributed by atoms with E-state index in [0.717, 1.165) is 18.4 Å². The molecule has 2 aliphatic heterocycles. The Morgan fingerprint density at radius 1 is 1.20 bits per heavy atom. The van der Waals surface area contributed by atoms with Crippen LogP contribution in [0, 0.1) is 5.92 Å². The monoisotopic (exact) mass is 343 g/mol. The topological polar surface area (TPSA) is 53.5 Å². The van der Waals surface area contributed by atoms with E-state index in [1.54, 1.807) is 23.4 Å². The van der Waals surface area contributed by atoms with Gasteiger partial charge in [-0.05, 0) is 49.5 Å². The summed E-state index contributed by atoms with van der Waals surface area (Å²) in [6.45, 7) is 0.596. The number of amides is 2. The van der Waals surface area contributed by atoms with Crippen LogP contribution in [0.5, 0.6) is 0 Å². The molecule has 1 saturated heterocycles. The average molecular weight is 343 g/mol. The molecule has 3 heterocycles. The molecule has 3 aliphatic rings. The van der Waals surface area contributed by atoms with Gasteiger partial charge in [0.05, 0.1) is 18.5 Å². The number of aromatic nitrogens is 1. The van der Waals surface area contributed by atoms with Crippen LogP contribution < -0.4 is 0 Å². The standard InChI is InChI=1S/C19H22FN3O2/c20-14-2-1-11-22(12-14)19(25)16-5-6-17(24)23(15-3-4-15)18(16)13-7-9-21-10-8-13/h2,7-10,15-16,18H,1,3-6,11-12H2/t16-,18+/m0/s1. The smallest absolute Gasteiger partial charge is 0.228 e. The van der Waals surface area contributed by atoms with Crippen LogP contribution in [0.2, 0.25) is 0 Å². The molecule has 2 amide bonds. The molecule has 0 spiro atoms. The van der Waals surface area contributed by atoms with Gasteiger partial charge in [0, 0.05) is 31.4 Å². The lowest BCUT2D eigenvalue weighted by atomic mass is 9.83. The lowest BCUT2D eigenvalue weighted by Gasteiger charge is -2.43. The van der Waals surface area contributed by atoms with Crippen LogP contribution >= 0.6 is 0 Å². The molecule has 1 aromatic heterocycles. The first-order chi connectivity index (χ1) is 12.1. The van der Waals surface area contributed by atoms with Crippen LogP contribution in [0.1, 0.15) is 43.7 Å². The number of nitrogens with zero attached hydrogens (tertiary/aromatic N) is 3. The lowest BCUT2D eigenvalue weighted by Crippen LogP contribution is -2.50. The quantitative estimate of drug-likeness (QED) is 0.848. The van der Waals surface area contributed by atoms with Crippen molar-refractivity contribution in [3.8, 4) is 0 Å². The first-order valence-corrected chi connectivity index (χ1v) is 8.99. The molecule has 0 aromatic carbocycles. The van der Waals surface area contributed by atoms with Crippen LogP contribution in [0.15, 0.2) is 36.4 Å². The highest BCUT2D eigenvalue weighted by molar-refractivity contribution is 5.85. The van der Waals surface area contributed by atoms with Crippen molar-refractivity contribution in [2.45, 2.75) is 44.2 Å². The maximum absolute atomic E-state index is 13.7. The van der Waals surface area contributed by atoms with Gasteiger partial charge in [-0.15, -0.1) is 0 Å². The normalized spacial score (nSPS) is 27.2. The van der Waals surface area contributed by atoms with E-state index in [1.165, 1.54) is 0 Å². The van der Waals surface area contributed by atoms with Gasteiger partial charge in [-0.25, -0.2) is 4.39 Å². The minimum Gasteiger partial charge on any atom is -0.335 e. The van der Waals surface area contributed by atoms with Crippen molar-refractivity contribution in [3.05, 3.63) is 42.0 Å². The first kappa shape index (κ1) is 16.2. The van der Waals surface area contributed by atoms with Crippen LogP contribution in [-0.4, -0.2) is 45.7 Å². The van der Waals surface area contributed by atoms with Crippen molar-refractivity contribution in [3.63, 3.8) is 0 Å². The molecular formula is C19H22FN3O2. The Bertz CT molecular complexity index is 702. The molecule has 132 valence electrons. The molecule has 2 fully saturated rings. The summed E-state index contributed by atoms with van der Waals surface area (Å²) in [5.74, 6) is -0.473. The number of pyridine rings is 1. The largest absolute Gasteiger partial charge is 0.335 e. The Labute approximate surface area is 146 Å². The molecule has 1 saturated carbocycles. The minimum atomic E-state index is -0.313. The van der Waals surface area contributed by atoms with Crippen molar-refractivity contribution < 1.29 is 14.0 Å². The summed E-state index contributed by atoms with van der Waals surface area (Å²) in [5, 5.41) is 0. The van der Waals surface area contributed by atoms with E-state index in [9.17, 15) is 14.0 Å². The number of hydrogen-bond donors (Lipinski definition) is 0. The molecule has 2 atom stereocenters. The Balaban J connectivity index is 1.65. The van der Waals surface area contributed by atoms with E-state index in [-0.39, 0.29) is 42.2 Å². The third kappa shape index (κ3) is 3.17. The summed E-state index contributed by atoms with van der Waals surface area (Å²) in [5.41, 5.74) is 0.946. The Hall–Kier alpha value is -2.24. The SMILES string of the molecule is O=C([C@H]1CCC(=O)N(C2CC2)[C@@H]1c1ccncc1)N1CCC=C(F)C1. The van der Waals surface area contributed by atoms with E-state index in [4.69, 9.17) is 0 Å². The summed E-state index contributed by atoms with van der Waals surface area (Å²) >= 11 is 0. The fourth-order valence-electron chi connectivity index (χ4n) is 4.04. The number of likely N-dealkylation sites (tertiary alicyclic amines) is 1. The van der Waals surface area contributed by atoms with Gasteiger partial charge in [-0.3, -0.25) is 14.6 Å². The number of halogens is 1. The Morgan fingerprint density at radius 2 is 1.96 bits per heavy atom. The Kier molecular flexibility index (Phi) is 4.27. The van der Waals surface area contributed by atoms with Gasteiger partial charge >= 0.3 is 0 Å². The second-order valence-corrected chi connectivity index (χ2v) is 7.10. The maximum Gasteiger partial charge on any atom is 0.228 e. The van der Waals surface area contributed by atoms with Crippen molar-refractivity contribution in [2.75, 3.05) is 13.1 Å². The van der Waals surface area contributed by atoms with E-state index in [2.05, 4.69) is 4.98 Å². The van der Waals surface area contributed by atoms with E-state index in [1.807, 2.05) is 17.0 Å². The Morgan fingerprint density at radius 3 is 2.64 bits per heavy atom. The summed E-state index contributed by atoms with van der Waals surface area (Å²) < 4.78 is 13.7. The number of hydrogen-bond acceptors (Lipinski definition) is 3. The van der Waals surface area contributed by atoms with Gasteiger partial charge in [0.1, 0.15) is 5.83 Å². The number of carbonyl (C=O) groups excluding carboxylic acids is 2. The lowest BCUT2D eigenvalue weighted by molar-refractivity contribution is -0.148. The zero-order valence-corrected chi connectivity index (χ0v) is 14.1. The molecule has 4 rings (SSSR count). The maximum atomic E-state index is 13.7. The fraction of sp³-hybridized carbons (Fsp3) is 0.526. The van der Waals surface area contributed by atoms with Gasteiger partial charge in [0.25, 0.3) is 0 Å². The molecule has 1 aromatic rings. The predicted octanol–water partition coefficient (Wildman–Crippen LogP) is 2.61. The van der Waals surface area contributed by atoms with Gasteiger partial charge in [-0.2, -0.15) is 0 Å². The van der Waals surface area contributed by atoms with Crippen LogP contribution in [0.4, 0.5) is 4.39 Å². The zero-order valence-electron chi connectivity index (χ0n) is 14.1. The summed E-state index contributed by atoms with van der Waals surface area (Å²) in [6, 6.07) is 3.74. The molecule has 0 bridgehead atoms. The van der Waals surface area contributed by atoms with Crippen molar-refractivity contribution in [1.82, 2.24) is 14.8 Å². The molecule has 1 aliphatic carbocycles. The van der Waals surface area contributed by atoms with Gasteiger partial charge in [0.2, 0.25) is 11.8 Å². The molecule has 0 unspecified atom stereocenters. The zero-order chi connectivity index (χ0) is 17.4. The highest BCUT2D eigenvalue weighted by Gasteiger charge is 2.47. The molecule has 0 radical (unpaired) electrons. The fourth-order valence-corrected chi connectivity index (χ4v) is 4.04. The van der Waals surface area contributed by atoms with Crippen molar-refractivity contribution in [1.29, 1.82) is 0 Å². The number of carbonyl (C=O) groups is 2. The first-order valence-electron chi connectivity index (χ1n) is 8.99. The van der Waals surface area contributed by atoms with Crippen LogP contribution in [0.3, 0.4) is 0 Å². The van der Waals surface area contributed by atoms with Gasteiger partial charge in [-0.1, -0.05) is 0 Å². The van der Waals surface area contributed by atoms with E-state index < -0.39 is 0 Å². The minimum absolute atomic E-state index is 0.0387. The van der Waals surface area contributed by atoms with E-state index in [0.29, 0.717) is 25.8 Å². The molecule has 5 nitrogen and oxygen atoms in total. The molecular weight excluding hydrogens is 321 g/mol. The summed E-state index contributed by atoms with van der Waals surface area (Å²) in [6.07, 6.45) is 8.40. The predicted molar refractivity (Wildman–Crippen MR) is 90.0 cm³/mol. The third-order valence-corrected chi connectivity index (χ3v) is 5.36. The molecule has 6 heteroatoms. The van der Waals surface area contributed by atoms with Gasteiger partial charge < -0.3 is 9.80 Å². The average Bonchev–Trinajstić information content (AvgIpc) is 3.46. The van der Waals surface area contributed by atoms with E-state index >= 15 is 0 Å². The second kappa shape index (κ2) is 6.58. The van der Waals surface area contributed by atoms with Gasteiger partial charge in [0.15, 0.2) is 0 Å². The second-order valence-electron chi connectivity index (χ2n) is 7.10. The number of piperidine rings is 1. The molecule has 0 N–H and O–H groups in total. The highest BCUT2D eigenvalue weighted by atomic mass is 19.1.